The first-order valence-corrected chi connectivity index (χ1v) is 4.46. The number of carboxylic acids is 2. The van der Waals surface area contributed by atoms with Crippen LogP contribution >= 0.6 is 0 Å². The number of halogens is 5. The van der Waals surface area contributed by atoms with Gasteiger partial charge in [-0.1, -0.05) is 13.2 Å². The molecule has 0 unspecified atom stereocenters. The number of hydrogen-bond donors (Lipinski definition) is 2. The van der Waals surface area contributed by atoms with Gasteiger partial charge in [0.1, 0.15) is 0 Å². The van der Waals surface area contributed by atoms with Crippen molar-refractivity contribution in [2.24, 2.45) is 0 Å². The minimum Gasteiger partial charge on any atom is -0.478 e. The van der Waals surface area contributed by atoms with Crippen LogP contribution < -0.4 is 0 Å². The molecule has 0 saturated heterocycles. The van der Waals surface area contributed by atoms with Crippen molar-refractivity contribution in [1.82, 2.24) is 0 Å². The SMILES string of the molecule is C=C(C)C(=O)O.C=C(CC(F)(F)C(F)(F)F)C(=O)O. The Morgan fingerprint density at radius 1 is 1.00 bits per heavy atom. The first-order chi connectivity index (χ1) is 8.22. The zero-order valence-electron chi connectivity index (χ0n) is 9.72. The highest BCUT2D eigenvalue weighted by atomic mass is 19.4. The standard InChI is InChI=1S/C6H5F5O2.C4H6O2/c1-3(4(12)13)2-5(7,8)6(9,10)11;1-3(2)4(5)6/h1-2H2,(H,12,13);1H2,2H3,(H,5,6). The number of aliphatic carboxylic acids is 2. The predicted molar refractivity (Wildman–Crippen MR) is 54.8 cm³/mol. The number of hydrogen-bond acceptors (Lipinski definition) is 2. The molecule has 0 rings (SSSR count). The van der Waals surface area contributed by atoms with E-state index in [2.05, 4.69) is 13.2 Å². The predicted octanol–water partition coefficient (Wildman–Crippen LogP) is 2.86. The lowest BCUT2D eigenvalue weighted by Crippen LogP contribution is -2.37. The quantitative estimate of drug-likeness (QED) is 0.616. The molecule has 19 heavy (non-hydrogen) atoms. The van der Waals surface area contributed by atoms with Gasteiger partial charge in [-0.3, -0.25) is 0 Å². The Morgan fingerprint density at radius 3 is 1.47 bits per heavy atom. The van der Waals surface area contributed by atoms with Gasteiger partial charge in [0.25, 0.3) is 0 Å². The van der Waals surface area contributed by atoms with Gasteiger partial charge in [0.15, 0.2) is 0 Å². The van der Waals surface area contributed by atoms with Crippen LogP contribution in [0.2, 0.25) is 0 Å². The zero-order valence-corrected chi connectivity index (χ0v) is 9.72. The molecule has 4 nitrogen and oxygen atoms in total. The van der Waals surface area contributed by atoms with Crippen molar-refractivity contribution in [2.75, 3.05) is 0 Å². The summed E-state index contributed by atoms with van der Waals surface area (Å²) in [5.74, 6) is -7.85. The Balaban J connectivity index is 0. The molecule has 0 aliphatic carbocycles. The van der Waals surface area contributed by atoms with Crippen LogP contribution in [0.15, 0.2) is 24.3 Å². The van der Waals surface area contributed by atoms with E-state index in [0.29, 0.717) is 0 Å². The van der Waals surface area contributed by atoms with Gasteiger partial charge < -0.3 is 10.2 Å². The van der Waals surface area contributed by atoms with Crippen molar-refractivity contribution < 1.29 is 41.8 Å². The van der Waals surface area contributed by atoms with Gasteiger partial charge in [-0.2, -0.15) is 22.0 Å². The van der Waals surface area contributed by atoms with Gasteiger partial charge in [0.2, 0.25) is 0 Å². The van der Waals surface area contributed by atoms with Crippen LogP contribution in [0, 0.1) is 0 Å². The fourth-order valence-corrected chi connectivity index (χ4v) is 0.444. The van der Waals surface area contributed by atoms with Gasteiger partial charge in [0, 0.05) is 11.1 Å². The maximum Gasteiger partial charge on any atom is 0.453 e. The summed E-state index contributed by atoms with van der Waals surface area (Å²) in [5.41, 5.74) is -1.00. The lowest BCUT2D eigenvalue weighted by Gasteiger charge is -2.18. The molecule has 0 bridgehead atoms. The highest BCUT2D eigenvalue weighted by Gasteiger charge is 2.57. The van der Waals surface area contributed by atoms with E-state index < -0.39 is 36.0 Å². The van der Waals surface area contributed by atoms with E-state index in [0.717, 1.165) is 0 Å². The van der Waals surface area contributed by atoms with Crippen LogP contribution in [0.1, 0.15) is 13.3 Å². The van der Waals surface area contributed by atoms with Crippen LogP contribution in [0.5, 0.6) is 0 Å². The highest BCUT2D eigenvalue weighted by molar-refractivity contribution is 5.86. The van der Waals surface area contributed by atoms with E-state index in [-0.39, 0.29) is 5.57 Å². The third-order valence-electron chi connectivity index (χ3n) is 1.52. The summed E-state index contributed by atoms with van der Waals surface area (Å²) >= 11 is 0. The topological polar surface area (TPSA) is 74.6 Å². The van der Waals surface area contributed by atoms with Gasteiger partial charge in [-0.15, -0.1) is 0 Å². The highest BCUT2D eigenvalue weighted by Crippen LogP contribution is 2.39. The molecule has 0 spiro atoms. The summed E-state index contributed by atoms with van der Waals surface area (Å²) in [6.07, 6.45) is -7.67. The normalized spacial score (nSPS) is 11.1. The summed E-state index contributed by atoms with van der Waals surface area (Å²) in [7, 11) is 0. The fraction of sp³-hybridized carbons (Fsp3) is 0.400. The number of carbonyl (C=O) groups is 2. The molecule has 0 radical (unpaired) electrons. The molecule has 0 aromatic rings. The second-order valence-corrected chi connectivity index (χ2v) is 3.37. The van der Waals surface area contributed by atoms with Gasteiger partial charge >= 0.3 is 24.0 Å². The smallest absolute Gasteiger partial charge is 0.453 e. The molecular formula is C10H11F5O4. The van der Waals surface area contributed by atoms with Crippen molar-refractivity contribution in [3.05, 3.63) is 24.3 Å². The third kappa shape index (κ3) is 7.90. The summed E-state index contributed by atoms with van der Waals surface area (Å²) in [6.45, 7) is 7.18. The first-order valence-electron chi connectivity index (χ1n) is 4.46. The average molecular weight is 290 g/mol. The second-order valence-electron chi connectivity index (χ2n) is 3.37. The first kappa shape index (κ1) is 19.4. The van der Waals surface area contributed by atoms with E-state index in [4.69, 9.17) is 10.2 Å². The summed E-state index contributed by atoms with van der Waals surface area (Å²) in [5, 5.41) is 15.9. The lowest BCUT2D eigenvalue weighted by molar-refractivity contribution is -0.281. The molecular weight excluding hydrogens is 279 g/mol. The molecule has 0 aliphatic rings. The Bertz CT molecular complexity index is 372. The van der Waals surface area contributed by atoms with Gasteiger partial charge in [-0.25, -0.2) is 9.59 Å². The van der Waals surface area contributed by atoms with Crippen molar-refractivity contribution in [3.8, 4) is 0 Å². The summed E-state index contributed by atoms with van der Waals surface area (Å²) < 4.78 is 58.6. The van der Waals surface area contributed by atoms with Crippen LogP contribution in [0.4, 0.5) is 22.0 Å². The van der Waals surface area contributed by atoms with Crippen molar-refractivity contribution in [2.45, 2.75) is 25.4 Å². The number of rotatable bonds is 4. The second kappa shape index (κ2) is 6.86. The van der Waals surface area contributed by atoms with E-state index in [9.17, 15) is 31.5 Å². The van der Waals surface area contributed by atoms with Crippen LogP contribution in [0.3, 0.4) is 0 Å². The Morgan fingerprint density at radius 2 is 1.32 bits per heavy atom. The van der Waals surface area contributed by atoms with E-state index in [1.54, 1.807) is 0 Å². The maximum absolute atomic E-state index is 12.1. The van der Waals surface area contributed by atoms with Crippen LogP contribution in [0.25, 0.3) is 0 Å². The van der Waals surface area contributed by atoms with Crippen LogP contribution in [-0.2, 0) is 9.59 Å². The van der Waals surface area contributed by atoms with Crippen molar-refractivity contribution in [3.63, 3.8) is 0 Å². The molecule has 0 saturated carbocycles. The van der Waals surface area contributed by atoms with Gasteiger partial charge in [-0.05, 0) is 6.92 Å². The number of alkyl halides is 5. The Kier molecular flexibility index (Phi) is 7.01. The molecule has 0 heterocycles. The number of carboxylic acid groups (broad SMARTS) is 2. The van der Waals surface area contributed by atoms with Crippen LogP contribution in [-0.4, -0.2) is 34.3 Å². The molecule has 0 atom stereocenters. The summed E-state index contributed by atoms with van der Waals surface area (Å²) in [6, 6.07) is 0. The largest absolute Gasteiger partial charge is 0.478 e. The third-order valence-corrected chi connectivity index (χ3v) is 1.52. The minimum absolute atomic E-state index is 0.176. The molecule has 0 fully saturated rings. The summed E-state index contributed by atoms with van der Waals surface area (Å²) in [4.78, 5) is 19.5. The minimum atomic E-state index is -5.74. The molecule has 0 amide bonds. The maximum atomic E-state index is 12.1. The van der Waals surface area contributed by atoms with E-state index >= 15 is 0 Å². The van der Waals surface area contributed by atoms with E-state index in [1.807, 2.05) is 0 Å². The molecule has 0 aliphatic heterocycles. The lowest BCUT2D eigenvalue weighted by atomic mass is 10.1. The average Bonchev–Trinajstić information content (AvgIpc) is 2.15. The van der Waals surface area contributed by atoms with Crippen molar-refractivity contribution >= 4 is 11.9 Å². The zero-order chi connectivity index (χ0) is 16.0. The molecule has 0 aromatic carbocycles. The molecule has 110 valence electrons. The van der Waals surface area contributed by atoms with Gasteiger partial charge in [0.05, 0.1) is 6.42 Å². The fourth-order valence-electron chi connectivity index (χ4n) is 0.444. The Labute approximate surface area is 104 Å². The molecule has 0 aromatic heterocycles. The molecule has 9 heteroatoms. The Hall–Kier alpha value is -1.93. The van der Waals surface area contributed by atoms with E-state index in [1.165, 1.54) is 6.92 Å². The monoisotopic (exact) mass is 290 g/mol. The van der Waals surface area contributed by atoms with Crippen molar-refractivity contribution in [1.29, 1.82) is 0 Å². The molecule has 2 N–H and O–H groups in total.